The van der Waals surface area contributed by atoms with E-state index in [0.29, 0.717) is 16.7 Å². The number of ether oxygens (including phenoxy) is 1. The van der Waals surface area contributed by atoms with Crippen LogP contribution >= 0.6 is 35.0 Å². The second-order valence-corrected chi connectivity index (χ2v) is 8.46. The highest BCUT2D eigenvalue weighted by molar-refractivity contribution is 7.98. The normalized spacial score (nSPS) is 14.9. The molecule has 0 aromatic heterocycles. The third kappa shape index (κ3) is 3.90. The van der Waals surface area contributed by atoms with Crippen LogP contribution in [0.3, 0.4) is 0 Å². The van der Waals surface area contributed by atoms with Crippen molar-refractivity contribution < 1.29 is 4.74 Å². The molecule has 0 N–H and O–H groups in total. The van der Waals surface area contributed by atoms with Crippen LogP contribution in [-0.4, -0.2) is 6.26 Å². The Balaban J connectivity index is 1.66. The van der Waals surface area contributed by atoms with E-state index in [-0.39, 0.29) is 5.60 Å². The van der Waals surface area contributed by atoms with Crippen molar-refractivity contribution in [1.29, 1.82) is 0 Å². The van der Waals surface area contributed by atoms with Crippen LogP contribution in [0, 0.1) is 0 Å². The minimum Gasteiger partial charge on any atom is -0.366 e. The molecule has 0 amide bonds. The zero-order valence-electron chi connectivity index (χ0n) is 15.0. The van der Waals surface area contributed by atoms with Crippen LogP contribution in [0.1, 0.15) is 24.0 Å². The molecular formula is C23H20Cl2OS. The molecule has 3 aromatic carbocycles. The largest absolute Gasteiger partial charge is 0.366 e. The van der Waals surface area contributed by atoms with Gasteiger partial charge >= 0.3 is 0 Å². The summed E-state index contributed by atoms with van der Waals surface area (Å²) < 4.78 is 6.43. The summed E-state index contributed by atoms with van der Waals surface area (Å²) in [7, 11) is 0. The molecule has 138 valence electrons. The second kappa shape index (κ2) is 7.89. The van der Waals surface area contributed by atoms with E-state index in [1.165, 1.54) is 21.6 Å². The molecule has 0 radical (unpaired) electrons. The van der Waals surface area contributed by atoms with Gasteiger partial charge in [-0.15, -0.1) is 11.8 Å². The first-order valence-electron chi connectivity index (χ1n) is 8.94. The van der Waals surface area contributed by atoms with E-state index >= 15 is 0 Å². The lowest BCUT2D eigenvalue weighted by atomic mass is 9.94. The SMILES string of the molecule is CSc1ccccc1-c1ccccc1C1(OCc2cc(Cl)ccc2Cl)CC1. The topological polar surface area (TPSA) is 9.23 Å². The molecule has 1 fully saturated rings. The quantitative estimate of drug-likeness (QED) is 0.384. The molecule has 1 saturated carbocycles. The van der Waals surface area contributed by atoms with Gasteiger partial charge in [0, 0.05) is 14.9 Å². The number of hydrogen-bond acceptors (Lipinski definition) is 2. The van der Waals surface area contributed by atoms with Gasteiger partial charge in [0.1, 0.15) is 0 Å². The smallest absolute Gasteiger partial charge is 0.0944 e. The van der Waals surface area contributed by atoms with Gasteiger partial charge in [-0.25, -0.2) is 0 Å². The third-order valence-corrected chi connectivity index (χ3v) is 6.43. The molecule has 4 rings (SSSR count). The van der Waals surface area contributed by atoms with Gasteiger partial charge in [-0.05, 0) is 65.6 Å². The summed E-state index contributed by atoms with van der Waals surface area (Å²) in [5.41, 5.74) is 4.45. The Morgan fingerprint density at radius 3 is 2.37 bits per heavy atom. The molecular weight excluding hydrogens is 395 g/mol. The predicted molar refractivity (Wildman–Crippen MR) is 116 cm³/mol. The van der Waals surface area contributed by atoms with Crippen molar-refractivity contribution in [1.82, 2.24) is 0 Å². The van der Waals surface area contributed by atoms with Gasteiger partial charge in [0.2, 0.25) is 0 Å². The van der Waals surface area contributed by atoms with Crippen LogP contribution in [0.25, 0.3) is 11.1 Å². The summed E-state index contributed by atoms with van der Waals surface area (Å²) >= 11 is 14.2. The van der Waals surface area contributed by atoms with Gasteiger partial charge < -0.3 is 4.74 Å². The van der Waals surface area contributed by atoms with Crippen molar-refractivity contribution in [3.8, 4) is 11.1 Å². The highest BCUT2D eigenvalue weighted by Crippen LogP contribution is 2.53. The maximum atomic E-state index is 6.43. The Labute approximate surface area is 174 Å². The second-order valence-electron chi connectivity index (χ2n) is 6.76. The molecule has 1 nitrogen and oxygen atoms in total. The number of halogens is 2. The molecule has 0 atom stereocenters. The van der Waals surface area contributed by atoms with E-state index < -0.39 is 0 Å². The van der Waals surface area contributed by atoms with Gasteiger partial charge in [0.05, 0.1) is 12.2 Å². The summed E-state index contributed by atoms with van der Waals surface area (Å²) in [4.78, 5) is 1.28. The molecule has 0 spiro atoms. The van der Waals surface area contributed by atoms with Crippen molar-refractivity contribution in [2.24, 2.45) is 0 Å². The molecule has 3 aromatic rings. The molecule has 0 aliphatic heterocycles. The van der Waals surface area contributed by atoms with Crippen LogP contribution < -0.4 is 0 Å². The predicted octanol–water partition coefficient (Wildman–Crippen LogP) is 7.59. The fourth-order valence-electron chi connectivity index (χ4n) is 3.46. The Hall–Kier alpha value is -1.45. The van der Waals surface area contributed by atoms with Gasteiger partial charge in [-0.3, -0.25) is 0 Å². The van der Waals surface area contributed by atoms with Gasteiger partial charge in [-0.1, -0.05) is 65.7 Å². The van der Waals surface area contributed by atoms with Crippen LogP contribution in [0.5, 0.6) is 0 Å². The van der Waals surface area contributed by atoms with Gasteiger partial charge in [0.25, 0.3) is 0 Å². The average Bonchev–Trinajstić information content (AvgIpc) is 3.50. The Kier molecular flexibility index (Phi) is 5.52. The van der Waals surface area contributed by atoms with Crippen molar-refractivity contribution >= 4 is 35.0 Å². The maximum Gasteiger partial charge on any atom is 0.0944 e. The lowest BCUT2D eigenvalue weighted by Crippen LogP contribution is -2.13. The first-order chi connectivity index (χ1) is 13.1. The molecule has 0 saturated heterocycles. The van der Waals surface area contributed by atoms with Gasteiger partial charge in [0.15, 0.2) is 0 Å². The summed E-state index contributed by atoms with van der Waals surface area (Å²) in [5.74, 6) is 0. The number of hydrogen-bond donors (Lipinski definition) is 0. The van der Waals surface area contributed by atoms with E-state index in [1.807, 2.05) is 12.1 Å². The molecule has 27 heavy (non-hydrogen) atoms. The molecule has 4 heteroatoms. The van der Waals surface area contributed by atoms with E-state index in [9.17, 15) is 0 Å². The van der Waals surface area contributed by atoms with Crippen LogP contribution in [0.15, 0.2) is 71.6 Å². The Morgan fingerprint density at radius 1 is 0.926 bits per heavy atom. The monoisotopic (exact) mass is 414 g/mol. The van der Waals surface area contributed by atoms with Crippen molar-refractivity contribution in [3.05, 3.63) is 87.9 Å². The van der Waals surface area contributed by atoms with Gasteiger partial charge in [-0.2, -0.15) is 0 Å². The van der Waals surface area contributed by atoms with Crippen molar-refractivity contribution in [2.75, 3.05) is 6.26 Å². The van der Waals surface area contributed by atoms with Crippen LogP contribution in [0.4, 0.5) is 0 Å². The highest BCUT2D eigenvalue weighted by Gasteiger charge is 2.47. The fraction of sp³-hybridized carbons (Fsp3) is 0.217. The zero-order valence-corrected chi connectivity index (χ0v) is 17.4. The minimum absolute atomic E-state index is 0.242. The first kappa shape index (κ1) is 18.9. The summed E-state index contributed by atoms with van der Waals surface area (Å²) in [6, 6.07) is 22.6. The lowest BCUT2D eigenvalue weighted by molar-refractivity contribution is 0.0176. The minimum atomic E-state index is -0.242. The van der Waals surface area contributed by atoms with Crippen LogP contribution in [-0.2, 0) is 16.9 Å². The summed E-state index contributed by atoms with van der Waals surface area (Å²) in [6.45, 7) is 0.456. The Morgan fingerprint density at radius 2 is 1.63 bits per heavy atom. The number of thioether (sulfide) groups is 1. The Bertz CT molecular complexity index is 966. The van der Waals surface area contributed by atoms with Crippen molar-refractivity contribution in [3.63, 3.8) is 0 Å². The van der Waals surface area contributed by atoms with E-state index in [0.717, 1.165) is 18.4 Å². The van der Waals surface area contributed by atoms with E-state index in [2.05, 4.69) is 54.8 Å². The molecule has 0 unspecified atom stereocenters. The lowest BCUT2D eigenvalue weighted by Gasteiger charge is -2.22. The number of benzene rings is 3. The average molecular weight is 415 g/mol. The highest BCUT2D eigenvalue weighted by atomic mass is 35.5. The van der Waals surface area contributed by atoms with E-state index in [4.69, 9.17) is 27.9 Å². The first-order valence-corrected chi connectivity index (χ1v) is 10.9. The van der Waals surface area contributed by atoms with Crippen LogP contribution in [0.2, 0.25) is 10.0 Å². The standard InChI is InChI=1S/C23H20Cl2OS/c1-27-22-9-5-3-7-19(22)18-6-2-4-8-20(18)23(12-13-23)26-15-16-14-17(24)10-11-21(16)25/h2-11,14H,12-13,15H2,1H3. The summed E-state index contributed by atoms with van der Waals surface area (Å²) in [5, 5.41) is 1.37. The van der Waals surface area contributed by atoms with E-state index in [1.54, 1.807) is 17.8 Å². The zero-order chi connectivity index (χ0) is 18.9. The third-order valence-electron chi connectivity index (χ3n) is 5.03. The molecule has 0 bridgehead atoms. The fourth-order valence-corrected chi connectivity index (χ4v) is 4.44. The maximum absolute atomic E-state index is 6.43. The number of rotatable bonds is 6. The van der Waals surface area contributed by atoms with Crippen molar-refractivity contribution in [2.45, 2.75) is 29.9 Å². The molecule has 1 aliphatic rings. The molecule has 0 heterocycles. The molecule has 1 aliphatic carbocycles. The summed E-state index contributed by atoms with van der Waals surface area (Å²) in [6.07, 6.45) is 4.15.